The van der Waals surface area contributed by atoms with Crippen LogP contribution in [0.15, 0.2) is 30.6 Å². The van der Waals surface area contributed by atoms with Crippen LogP contribution in [0.4, 0.5) is 11.4 Å². The van der Waals surface area contributed by atoms with Crippen molar-refractivity contribution in [2.75, 3.05) is 30.4 Å². The van der Waals surface area contributed by atoms with Gasteiger partial charge in [-0.15, -0.1) is 0 Å². The quantitative estimate of drug-likeness (QED) is 0.809. The molecular formula is C15H19N3O2. The SMILES string of the molecule is CC1COC(CO)CN1c1ccc(N)c2cnccc12. The standard InChI is InChI=1S/C15H19N3O2/c1-10-9-20-11(8-19)7-18(10)15-3-2-14(16)13-6-17-5-4-12(13)15/h2-6,10-11,19H,7-9,16H2,1H3. The Kier molecular flexibility index (Phi) is 3.46. The van der Waals surface area contributed by atoms with Gasteiger partial charge in [-0.2, -0.15) is 0 Å². The summed E-state index contributed by atoms with van der Waals surface area (Å²) in [6.07, 6.45) is 3.43. The molecule has 0 radical (unpaired) electrons. The summed E-state index contributed by atoms with van der Waals surface area (Å²) in [5.41, 5.74) is 7.87. The van der Waals surface area contributed by atoms with Crippen LogP contribution in [0.3, 0.4) is 0 Å². The van der Waals surface area contributed by atoms with Crippen LogP contribution >= 0.6 is 0 Å². The van der Waals surface area contributed by atoms with Crippen molar-refractivity contribution in [1.29, 1.82) is 0 Å². The van der Waals surface area contributed by atoms with Crippen LogP contribution in [-0.2, 0) is 4.74 Å². The maximum atomic E-state index is 9.32. The molecule has 0 spiro atoms. The Balaban J connectivity index is 2.07. The normalized spacial score (nSPS) is 23.2. The molecular weight excluding hydrogens is 254 g/mol. The topological polar surface area (TPSA) is 71.6 Å². The summed E-state index contributed by atoms with van der Waals surface area (Å²) in [4.78, 5) is 6.42. The molecule has 1 aromatic carbocycles. The highest BCUT2D eigenvalue weighted by Crippen LogP contribution is 2.32. The molecule has 2 aromatic rings. The second kappa shape index (κ2) is 5.26. The number of ether oxygens (including phenoxy) is 1. The van der Waals surface area contributed by atoms with Gasteiger partial charge in [0.1, 0.15) is 0 Å². The Labute approximate surface area is 118 Å². The van der Waals surface area contributed by atoms with Gasteiger partial charge in [-0.25, -0.2) is 0 Å². The van der Waals surface area contributed by atoms with Crippen molar-refractivity contribution in [3.8, 4) is 0 Å². The average molecular weight is 273 g/mol. The van der Waals surface area contributed by atoms with E-state index in [0.717, 1.165) is 22.1 Å². The lowest BCUT2D eigenvalue weighted by Crippen LogP contribution is -2.49. The Bertz CT molecular complexity index is 617. The predicted molar refractivity (Wildman–Crippen MR) is 79.8 cm³/mol. The van der Waals surface area contributed by atoms with Gasteiger partial charge in [0.05, 0.1) is 19.3 Å². The predicted octanol–water partition coefficient (Wildman–Crippen LogP) is 1.40. The molecule has 1 aliphatic heterocycles. The zero-order valence-electron chi connectivity index (χ0n) is 11.5. The zero-order chi connectivity index (χ0) is 14.1. The minimum absolute atomic E-state index is 0.0394. The Morgan fingerprint density at radius 3 is 3.05 bits per heavy atom. The molecule has 3 N–H and O–H groups in total. The summed E-state index contributed by atoms with van der Waals surface area (Å²) < 4.78 is 5.60. The minimum Gasteiger partial charge on any atom is -0.398 e. The largest absolute Gasteiger partial charge is 0.398 e. The minimum atomic E-state index is -0.138. The number of pyridine rings is 1. The van der Waals surface area contributed by atoms with E-state index < -0.39 is 0 Å². The third kappa shape index (κ3) is 2.19. The molecule has 1 fully saturated rings. The summed E-state index contributed by atoms with van der Waals surface area (Å²) in [5, 5.41) is 11.4. The summed E-state index contributed by atoms with van der Waals surface area (Å²) >= 11 is 0. The molecule has 5 nitrogen and oxygen atoms in total. The molecule has 20 heavy (non-hydrogen) atoms. The van der Waals surface area contributed by atoms with Crippen molar-refractivity contribution in [3.05, 3.63) is 30.6 Å². The number of rotatable bonds is 2. The maximum Gasteiger partial charge on any atom is 0.0981 e. The number of nitrogens with two attached hydrogens (primary N) is 1. The first kappa shape index (κ1) is 13.1. The van der Waals surface area contributed by atoms with E-state index in [1.807, 2.05) is 18.2 Å². The number of aliphatic hydroxyl groups excluding tert-OH is 1. The third-order valence-corrected chi connectivity index (χ3v) is 3.85. The van der Waals surface area contributed by atoms with E-state index in [1.165, 1.54) is 0 Å². The van der Waals surface area contributed by atoms with Gasteiger partial charge in [0, 0.05) is 47.1 Å². The number of nitrogen functional groups attached to an aromatic ring is 1. The molecule has 1 aromatic heterocycles. The first-order chi connectivity index (χ1) is 9.70. The molecule has 2 atom stereocenters. The number of anilines is 2. The van der Waals surface area contributed by atoms with Crippen LogP contribution < -0.4 is 10.6 Å². The van der Waals surface area contributed by atoms with Gasteiger partial charge in [0.15, 0.2) is 0 Å². The third-order valence-electron chi connectivity index (χ3n) is 3.85. The first-order valence-corrected chi connectivity index (χ1v) is 6.82. The van der Waals surface area contributed by atoms with Crippen LogP contribution in [0, 0.1) is 0 Å². The van der Waals surface area contributed by atoms with E-state index in [9.17, 15) is 5.11 Å². The van der Waals surface area contributed by atoms with Gasteiger partial charge in [-0.3, -0.25) is 4.98 Å². The fraction of sp³-hybridized carbons (Fsp3) is 0.400. The Morgan fingerprint density at radius 1 is 1.40 bits per heavy atom. The fourth-order valence-electron chi connectivity index (χ4n) is 2.71. The molecule has 0 aliphatic carbocycles. The van der Waals surface area contributed by atoms with Gasteiger partial charge < -0.3 is 20.5 Å². The van der Waals surface area contributed by atoms with Crippen molar-refractivity contribution >= 4 is 22.1 Å². The molecule has 1 saturated heterocycles. The molecule has 5 heteroatoms. The molecule has 1 aliphatic rings. The lowest BCUT2D eigenvalue weighted by atomic mass is 10.1. The molecule has 0 saturated carbocycles. The van der Waals surface area contributed by atoms with E-state index >= 15 is 0 Å². The molecule has 3 rings (SSSR count). The second-order valence-corrected chi connectivity index (χ2v) is 5.23. The highest BCUT2D eigenvalue weighted by Gasteiger charge is 2.26. The van der Waals surface area contributed by atoms with E-state index in [0.29, 0.717) is 13.2 Å². The van der Waals surface area contributed by atoms with Crippen molar-refractivity contribution < 1.29 is 9.84 Å². The number of morpholine rings is 1. The van der Waals surface area contributed by atoms with Crippen LogP contribution in [0.5, 0.6) is 0 Å². The lowest BCUT2D eigenvalue weighted by Gasteiger charge is -2.39. The van der Waals surface area contributed by atoms with E-state index in [-0.39, 0.29) is 18.8 Å². The molecule has 2 heterocycles. The number of hydrogen-bond donors (Lipinski definition) is 2. The monoisotopic (exact) mass is 273 g/mol. The van der Waals surface area contributed by atoms with Crippen LogP contribution in [0.25, 0.3) is 10.8 Å². The van der Waals surface area contributed by atoms with Crippen LogP contribution in [0.1, 0.15) is 6.92 Å². The van der Waals surface area contributed by atoms with E-state index in [4.69, 9.17) is 10.5 Å². The molecule has 0 bridgehead atoms. The molecule has 0 amide bonds. The smallest absolute Gasteiger partial charge is 0.0981 e. The number of aliphatic hydroxyl groups is 1. The van der Waals surface area contributed by atoms with E-state index in [2.05, 4.69) is 16.8 Å². The number of nitrogens with zero attached hydrogens (tertiary/aromatic N) is 2. The van der Waals surface area contributed by atoms with Crippen molar-refractivity contribution in [2.24, 2.45) is 0 Å². The molecule has 2 unspecified atom stereocenters. The van der Waals surface area contributed by atoms with Crippen molar-refractivity contribution in [1.82, 2.24) is 4.98 Å². The summed E-state index contributed by atoms with van der Waals surface area (Å²) in [6.45, 7) is 3.45. The van der Waals surface area contributed by atoms with Gasteiger partial charge >= 0.3 is 0 Å². The second-order valence-electron chi connectivity index (χ2n) is 5.23. The van der Waals surface area contributed by atoms with Crippen LogP contribution in [-0.4, -0.2) is 42.0 Å². The summed E-state index contributed by atoms with van der Waals surface area (Å²) in [6, 6.07) is 6.19. The van der Waals surface area contributed by atoms with Gasteiger partial charge in [-0.1, -0.05) is 0 Å². The number of fused-ring (bicyclic) bond motifs is 1. The number of benzene rings is 1. The molecule has 106 valence electrons. The van der Waals surface area contributed by atoms with Gasteiger partial charge in [0.2, 0.25) is 0 Å². The maximum absolute atomic E-state index is 9.32. The van der Waals surface area contributed by atoms with Crippen LogP contribution in [0.2, 0.25) is 0 Å². The summed E-state index contributed by atoms with van der Waals surface area (Å²) in [7, 11) is 0. The summed E-state index contributed by atoms with van der Waals surface area (Å²) in [5.74, 6) is 0. The lowest BCUT2D eigenvalue weighted by molar-refractivity contribution is -0.0102. The average Bonchev–Trinajstić information content (AvgIpc) is 2.49. The van der Waals surface area contributed by atoms with Crippen molar-refractivity contribution in [3.63, 3.8) is 0 Å². The Hall–Kier alpha value is -1.85. The zero-order valence-corrected chi connectivity index (χ0v) is 11.5. The van der Waals surface area contributed by atoms with Gasteiger partial charge in [0.25, 0.3) is 0 Å². The number of hydrogen-bond acceptors (Lipinski definition) is 5. The highest BCUT2D eigenvalue weighted by atomic mass is 16.5. The van der Waals surface area contributed by atoms with E-state index in [1.54, 1.807) is 12.4 Å². The first-order valence-electron chi connectivity index (χ1n) is 6.82. The highest BCUT2D eigenvalue weighted by molar-refractivity contribution is 6.00. The van der Waals surface area contributed by atoms with Crippen molar-refractivity contribution in [2.45, 2.75) is 19.1 Å². The Morgan fingerprint density at radius 2 is 2.25 bits per heavy atom. The number of aromatic nitrogens is 1. The van der Waals surface area contributed by atoms with Gasteiger partial charge in [-0.05, 0) is 25.1 Å². The fourth-order valence-corrected chi connectivity index (χ4v) is 2.71.